The Balaban J connectivity index is 2.58. The molecule has 0 spiro atoms. The van der Waals surface area contributed by atoms with E-state index in [1.165, 1.54) is 19.1 Å². The molecule has 0 saturated heterocycles. The number of hydrogen-bond acceptors (Lipinski definition) is 5. The van der Waals surface area contributed by atoms with Gasteiger partial charge < -0.3 is 15.7 Å². The summed E-state index contributed by atoms with van der Waals surface area (Å²) in [6, 6.07) is 4.94. The van der Waals surface area contributed by atoms with Gasteiger partial charge in [-0.2, -0.15) is 24.9 Å². The van der Waals surface area contributed by atoms with Gasteiger partial charge >= 0.3 is 12.3 Å². The van der Waals surface area contributed by atoms with E-state index in [2.05, 4.69) is 5.32 Å². The zero-order chi connectivity index (χ0) is 21.3. The Morgan fingerprint density at radius 3 is 2.46 bits per heavy atom. The molecule has 0 saturated carbocycles. The van der Waals surface area contributed by atoms with Gasteiger partial charge in [-0.05, 0) is 37.7 Å². The fourth-order valence-electron chi connectivity index (χ4n) is 2.10. The summed E-state index contributed by atoms with van der Waals surface area (Å²) >= 11 is 0.756. The highest BCUT2D eigenvalue weighted by molar-refractivity contribution is 7.99. The van der Waals surface area contributed by atoms with Crippen molar-refractivity contribution in [3.8, 4) is 0 Å². The van der Waals surface area contributed by atoms with Gasteiger partial charge in [-0.3, -0.25) is 14.4 Å². The molecule has 0 fully saturated rings. The van der Waals surface area contributed by atoms with Gasteiger partial charge in [0.15, 0.2) is 5.78 Å². The quantitative estimate of drug-likeness (QED) is 0.396. The molecule has 154 valence electrons. The normalized spacial score (nSPS) is 12.1. The Bertz CT molecular complexity index is 740. The van der Waals surface area contributed by atoms with Crippen molar-refractivity contribution in [3.05, 3.63) is 29.8 Å². The van der Waals surface area contributed by atoms with Crippen molar-refractivity contribution in [2.45, 2.75) is 32.0 Å². The number of alkyl halides is 3. The number of Topliss-reactive ketones (excluding diaryl/α,β-unsaturated/α-hetero) is 2. The van der Waals surface area contributed by atoms with Crippen LogP contribution in [0.4, 0.5) is 23.7 Å². The number of halogens is 3. The number of rotatable bonds is 10. The Morgan fingerprint density at radius 1 is 1.21 bits per heavy atom. The van der Waals surface area contributed by atoms with Crippen LogP contribution in [0.5, 0.6) is 0 Å². The Kier molecular flexibility index (Phi) is 8.97. The average molecular weight is 420 g/mol. The third kappa shape index (κ3) is 8.42. The summed E-state index contributed by atoms with van der Waals surface area (Å²) < 4.78 is 36.3. The van der Waals surface area contributed by atoms with Gasteiger partial charge in [0.05, 0.1) is 5.75 Å². The van der Waals surface area contributed by atoms with Gasteiger partial charge in [-0.15, -0.1) is 0 Å². The Morgan fingerprint density at radius 2 is 1.89 bits per heavy atom. The molecule has 11 heteroatoms. The first kappa shape index (κ1) is 23.5. The number of ketones is 2. The van der Waals surface area contributed by atoms with Crippen molar-refractivity contribution in [1.29, 1.82) is 0 Å². The zero-order valence-electron chi connectivity index (χ0n) is 14.8. The molecule has 1 aromatic rings. The highest BCUT2D eigenvalue weighted by Crippen LogP contribution is 2.19. The highest BCUT2D eigenvalue weighted by Gasteiger charge is 2.37. The molecule has 28 heavy (non-hydrogen) atoms. The van der Waals surface area contributed by atoms with Gasteiger partial charge in [-0.25, -0.2) is 4.79 Å². The maximum Gasteiger partial charge on any atom is 0.450 e. The molecule has 0 aliphatic rings. The monoisotopic (exact) mass is 420 g/mol. The molecule has 0 heterocycles. The predicted molar refractivity (Wildman–Crippen MR) is 97.6 cm³/mol. The molecule has 7 nitrogen and oxygen atoms in total. The number of carbonyl (C=O) groups is 4. The van der Waals surface area contributed by atoms with E-state index in [0.717, 1.165) is 11.8 Å². The summed E-state index contributed by atoms with van der Waals surface area (Å²) in [5.74, 6) is -3.31. The van der Waals surface area contributed by atoms with Crippen LogP contribution in [0.15, 0.2) is 24.3 Å². The molecule has 3 N–H and O–H groups in total. The van der Waals surface area contributed by atoms with Gasteiger partial charge in [0.25, 0.3) is 0 Å². The van der Waals surface area contributed by atoms with E-state index >= 15 is 0 Å². The summed E-state index contributed by atoms with van der Waals surface area (Å²) in [4.78, 5) is 45.3. The first-order valence-corrected chi connectivity index (χ1v) is 9.25. The van der Waals surface area contributed by atoms with Crippen molar-refractivity contribution >= 4 is 41.0 Å². The molecule has 0 radical (unpaired) electrons. The molecule has 0 bridgehead atoms. The summed E-state index contributed by atoms with van der Waals surface area (Å²) in [7, 11) is 0. The van der Waals surface area contributed by atoms with E-state index in [1.54, 1.807) is 12.1 Å². The molecule has 0 aliphatic carbocycles. The first-order chi connectivity index (χ1) is 13.0. The van der Waals surface area contributed by atoms with E-state index in [0.29, 0.717) is 11.3 Å². The minimum Gasteiger partial charge on any atom is -0.465 e. The zero-order valence-corrected chi connectivity index (χ0v) is 15.7. The molecular formula is C17H19F3N2O5S. The third-order valence-corrected chi connectivity index (χ3v) is 4.53. The second-order valence-corrected chi connectivity index (χ2v) is 6.85. The number of carbonyl (C=O) groups excluding carboxylic acids is 3. The molecule has 2 amide bonds. The van der Waals surface area contributed by atoms with Crippen molar-refractivity contribution in [2.75, 3.05) is 16.8 Å². The van der Waals surface area contributed by atoms with Crippen LogP contribution in [-0.4, -0.2) is 52.4 Å². The van der Waals surface area contributed by atoms with Crippen LogP contribution < -0.4 is 10.6 Å². The minimum absolute atomic E-state index is 0.0255. The molecule has 1 atom stereocenters. The summed E-state index contributed by atoms with van der Waals surface area (Å²) in [5, 5.41) is 13.4. The van der Waals surface area contributed by atoms with E-state index in [1.807, 2.05) is 5.32 Å². The second kappa shape index (κ2) is 10.7. The SMILES string of the molecule is CC(=O)c1cccc(NC(=O)[C@H](CCCSCC(=O)C(F)(F)F)NC(=O)O)c1. The Hall–Kier alpha value is -2.56. The van der Waals surface area contributed by atoms with Crippen LogP contribution in [0.2, 0.25) is 0 Å². The number of benzene rings is 1. The van der Waals surface area contributed by atoms with Crippen LogP contribution in [0, 0.1) is 0 Å². The van der Waals surface area contributed by atoms with Crippen molar-refractivity contribution in [1.82, 2.24) is 5.32 Å². The van der Waals surface area contributed by atoms with E-state index < -0.39 is 35.8 Å². The van der Waals surface area contributed by atoms with E-state index in [-0.39, 0.29) is 24.4 Å². The predicted octanol–water partition coefficient (Wildman–Crippen LogP) is 3.11. The van der Waals surface area contributed by atoms with Crippen LogP contribution in [0.25, 0.3) is 0 Å². The molecule has 1 rings (SSSR count). The number of anilines is 1. The van der Waals surface area contributed by atoms with Crippen LogP contribution >= 0.6 is 11.8 Å². The van der Waals surface area contributed by atoms with Gasteiger partial charge in [-0.1, -0.05) is 12.1 Å². The molecule has 0 aromatic heterocycles. The lowest BCUT2D eigenvalue weighted by Crippen LogP contribution is -2.43. The van der Waals surface area contributed by atoms with E-state index in [4.69, 9.17) is 5.11 Å². The fourth-order valence-corrected chi connectivity index (χ4v) is 2.96. The highest BCUT2D eigenvalue weighted by atomic mass is 32.2. The number of hydrogen-bond donors (Lipinski definition) is 3. The van der Waals surface area contributed by atoms with Crippen molar-refractivity contribution < 1.29 is 37.5 Å². The maximum atomic E-state index is 12.3. The van der Waals surface area contributed by atoms with Crippen molar-refractivity contribution in [3.63, 3.8) is 0 Å². The van der Waals surface area contributed by atoms with Gasteiger partial charge in [0, 0.05) is 11.3 Å². The minimum atomic E-state index is -4.88. The topological polar surface area (TPSA) is 113 Å². The lowest BCUT2D eigenvalue weighted by Gasteiger charge is -2.17. The summed E-state index contributed by atoms with van der Waals surface area (Å²) in [6.07, 6.45) is -6.08. The number of nitrogens with one attached hydrogen (secondary N) is 2. The number of amides is 2. The smallest absolute Gasteiger partial charge is 0.450 e. The van der Waals surface area contributed by atoms with Crippen molar-refractivity contribution in [2.24, 2.45) is 0 Å². The fraction of sp³-hybridized carbons (Fsp3) is 0.412. The second-order valence-electron chi connectivity index (χ2n) is 5.74. The van der Waals surface area contributed by atoms with E-state index in [9.17, 15) is 32.3 Å². The summed E-state index contributed by atoms with van der Waals surface area (Å²) in [6.45, 7) is 1.36. The van der Waals surface area contributed by atoms with Gasteiger partial charge in [0.1, 0.15) is 6.04 Å². The Labute approximate surface area is 163 Å². The largest absolute Gasteiger partial charge is 0.465 e. The summed E-state index contributed by atoms with van der Waals surface area (Å²) in [5.41, 5.74) is 0.673. The van der Waals surface area contributed by atoms with Crippen LogP contribution in [-0.2, 0) is 9.59 Å². The van der Waals surface area contributed by atoms with Crippen LogP contribution in [0.3, 0.4) is 0 Å². The third-order valence-electron chi connectivity index (χ3n) is 3.48. The first-order valence-electron chi connectivity index (χ1n) is 8.09. The number of carboxylic acid groups (broad SMARTS) is 1. The standard InChI is InChI=1S/C17H19F3N2O5S/c1-10(23)11-4-2-5-12(8-11)21-15(25)13(22-16(26)27)6-3-7-28-9-14(24)17(18,19)20/h2,4-5,8,13,22H,3,6-7,9H2,1H3,(H,21,25)(H,26,27)/t13-/m0/s1. The maximum absolute atomic E-state index is 12.3. The molecule has 0 aliphatic heterocycles. The van der Waals surface area contributed by atoms with Crippen LogP contribution in [0.1, 0.15) is 30.1 Å². The lowest BCUT2D eigenvalue weighted by molar-refractivity contribution is -0.167. The molecule has 1 aromatic carbocycles. The molecular weight excluding hydrogens is 401 g/mol. The lowest BCUT2D eigenvalue weighted by atomic mass is 10.1. The number of thioether (sulfide) groups is 1. The molecule has 0 unspecified atom stereocenters. The average Bonchev–Trinajstić information content (AvgIpc) is 2.59. The van der Waals surface area contributed by atoms with Gasteiger partial charge in [0.2, 0.25) is 11.7 Å².